The maximum atomic E-state index is 12.7. The van der Waals surface area contributed by atoms with Crippen molar-refractivity contribution in [3.63, 3.8) is 0 Å². The van der Waals surface area contributed by atoms with Crippen LogP contribution >= 0.6 is 23.1 Å². The van der Waals surface area contributed by atoms with Crippen LogP contribution in [-0.4, -0.2) is 45.1 Å². The highest BCUT2D eigenvalue weighted by Crippen LogP contribution is 2.31. The van der Waals surface area contributed by atoms with Gasteiger partial charge in [0, 0.05) is 36.1 Å². The van der Waals surface area contributed by atoms with Crippen LogP contribution < -0.4 is 5.32 Å². The molecule has 0 aromatic carbocycles. The second-order valence-electron chi connectivity index (χ2n) is 7.03. The van der Waals surface area contributed by atoms with Gasteiger partial charge in [-0.2, -0.15) is 0 Å². The van der Waals surface area contributed by atoms with Crippen molar-refractivity contribution in [3.8, 4) is 0 Å². The minimum Gasteiger partial charge on any atom is -0.376 e. The molecule has 1 aliphatic heterocycles. The van der Waals surface area contributed by atoms with Crippen molar-refractivity contribution in [1.82, 2.24) is 14.8 Å². The molecule has 0 amide bonds. The minimum absolute atomic E-state index is 0.147. The van der Waals surface area contributed by atoms with Gasteiger partial charge in [0.2, 0.25) is 5.13 Å². The fraction of sp³-hybridized carbons (Fsp3) is 0.611. The summed E-state index contributed by atoms with van der Waals surface area (Å²) >= 11 is 3.00. The molecule has 1 saturated heterocycles. The molecule has 1 saturated carbocycles. The van der Waals surface area contributed by atoms with Gasteiger partial charge in [-0.15, -0.1) is 10.2 Å². The Morgan fingerprint density at radius 2 is 2.23 bits per heavy atom. The number of anilines is 1. The first-order valence-corrected chi connectivity index (χ1v) is 10.9. The Morgan fingerprint density at radius 3 is 2.96 bits per heavy atom. The molecule has 1 N–H and O–H groups in total. The molecule has 0 radical (unpaired) electrons. The quantitative estimate of drug-likeness (QED) is 0.546. The van der Waals surface area contributed by atoms with E-state index in [1.54, 1.807) is 0 Å². The SMILES string of the molecule is Cc1cc(C(=O)CSc2nnc(NC3CC3)s2)c(C)n1CC1CCCO1. The highest BCUT2D eigenvalue weighted by Gasteiger charge is 2.23. The van der Waals surface area contributed by atoms with E-state index < -0.39 is 0 Å². The Morgan fingerprint density at radius 1 is 1.38 bits per heavy atom. The molecule has 2 aromatic heterocycles. The van der Waals surface area contributed by atoms with Gasteiger partial charge in [0.15, 0.2) is 10.1 Å². The molecule has 1 atom stereocenters. The normalized spacial score (nSPS) is 19.8. The predicted molar refractivity (Wildman–Crippen MR) is 104 cm³/mol. The van der Waals surface area contributed by atoms with Crippen LogP contribution in [0.25, 0.3) is 0 Å². The average molecular weight is 393 g/mol. The maximum absolute atomic E-state index is 12.7. The summed E-state index contributed by atoms with van der Waals surface area (Å²) in [5.41, 5.74) is 2.98. The number of ketones is 1. The molecule has 3 heterocycles. The smallest absolute Gasteiger partial charge is 0.206 e. The number of hydrogen-bond acceptors (Lipinski definition) is 7. The molecule has 6 nitrogen and oxygen atoms in total. The Hall–Kier alpha value is -1.38. The third kappa shape index (κ3) is 4.13. The van der Waals surface area contributed by atoms with Crippen LogP contribution in [0.5, 0.6) is 0 Å². The summed E-state index contributed by atoms with van der Waals surface area (Å²) in [7, 11) is 0. The molecule has 26 heavy (non-hydrogen) atoms. The molecule has 4 rings (SSSR count). The lowest BCUT2D eigenvalue weighted by atomic mass is 10.2. The summed E-state index contributed by atoms with van der Waals surface area (Å²) in [4.78, 5) is 12.7. The van der Waals surface area contributed by atoms with Crippen molar-refractivity contribution in [2.45, 2.75) is 62.6 Å². The van der Waals surface area contributed by atoms with Gasteiger partial charge in [-0.25, -0.2) is 0 Å². The zero-order chi connectivity index (χ0) is 18.1. The van der Waals surface area contributed by atoms with Gasteiger partial charge >= 0.3 is 0 Å². The third-order valence-electron chi connectivity index (χ3n) is 4.92. The van der Waals surface area contributed by atoms with Crippen LogP contribution in [0.1, 0.15) is 47.4 Å². The monoisotopic (exact) mass is 392 g/mol. The van der Waals surface area contributed by atoms with Gasteiger partial charge in [-0.05, 0) is 45.6 Å². The Balaban J connectivity index is 1.37. The number of hydrogen-bond donors (Lipinski definition) is 1. The summed E-state index contributed by atoms with van der Waals surface area (Å²) in [6.45, 7) is 5.78. The lowest BCUT2D eigenvalue weighted by Gasteiger charge is -2.14. The van der Waals surface area contributed by atoms with Crippen molar-refractivity contribution in [2.75, 3.05) is 17.7 Å². The van der Waals surface area contributed by atoms with E-state index in [1.807, 2.05) is 13.0 Å². The van der Waals surface area contributed by atoms with E-state index in [2.05, 4.69) is 27.0 Å². The van der Waals surface area contributed by atoms with Gasteiger partial charge in [-0.1, -0.05) is 23.1 Å². The zero-order valence-electron chi connectivity index (χ0n) is 15.2. The largest absolute Gasteiger partial charge is 0.376 e. The molecule has 0 bridgehead atoms. The van der Waals surface area contributed by atoms with Crippen LogP contribution in [0.3, 0.4) is 0 Å². The number of Topliss-reactive ketones (excluding diaryl/α,β-unsaturated/α-hetero) is 1. The number of carbonyl (C=O) groups excluding carboxylic acids is 1. The molecule has 0 spiro atoms. The Labute approximate surface area is 161 Å². The fourth-order valence-electron chi connectivity index (χ4n) is 3.29. The van der Waals surface area contributed by atoms with Gasteiger partial charge in [-0.3, -0.25) is 4.79 Å². The first kappa shape index (κ1) is 18.0. The lowest BCUT2D eigenvalue weighted by Crippen LogP contribution is -2.17. The summed E-state index contributed by atoms with van der Waals surface area (Å²) in [5, 5.41) is 12.5. The van der Waals surface area contributed by atoms with Crippen LogP contribution in [-0.2, 0) is 11.3 Å². The van der Waals surface area contributed by atoms with E-state index >= 15 is 0 Å². The lowest BCUT2D eigenvalue weighted by molar-refractivity contribution is 0.0957. The zero-order valence-corrected chi connectivity index (χ0v) is 16.8. The molecule has 2 fully saturated rings. The van der Waals surface area contributed by atoms with Crippen molar-refractivity contribution < 1.29 is 9.53 Å². The van der Waals surface area contributed by atoms with Crippen molar-refractivity contribution in [2.24, 2.45) is 0 Å². The molecule has 2 aliphatic rings. The Bertz CT molecular complexity index is 791. The number of aromatic nitrogens is 3. The second kappa shape index (κ2) is 7.70. The summed E-state index contributed by atoms with van der Waals surface area (Å²) in [6, 6.07) is 2.57. The fourth-order valence-corrected chi connectivity index (χ4v) is 5.00. The van der Waals surface area contributed by atoms with Crippen LogP contribution in [0.2, 0.25) is 0 Å². The predicted octanol–water partition coefficient (Wildman–Crippen LogP) is 3.68. The average Bonchev–Trinajstić information content (AvgIpc) is 3.00. The molecule has 1 aliphatic carbocycles. The van der Waals surface area contributed by atoms with Crippen LogP contribution in [0, 0.1) is 13.8 Å². The third-order valence-corrected chi connectivity index (χ3v) is 6.91. The summed E-state index contributed by atoms with van der Waals surface area (Å²) in [6.07, 6.45) is 4.93. The number of nitrogens with one attached hydrogen (secondary N) is 1. The van der Waals surface area contributed by atoms with E-state index in [4.69, 9.17) is 4.74 Å². The summed E-state index contributed by atoms with van der Waals surface area (Å²) < 4.78 is 8.81. The molecule has 140 valence electrons. The van der Waals surface area contributed by atoms with Crippen LogP contribution in [0.4, 0.5) is 5.13 Å². The van der Waals surface area contributed by atoms with Gasteiger partial charge in [0.25, 0.3) is 0 Å². The number of thioether (sulfide) groups is 1. The Kier molecular flexibility index (Phi) is 5.33. The van der Waals surface area contributed by atoms with Gasteiger partial charge < -0.3 is 14.6 Å². The molecule has 2 aromatic rings. The topological polar surface area (TPSA) is 69.0 Å². The van der Waals surface area contributed by atoms with E-state index in [0.29, 0.717) is 11.8 Å². The number of ether oxygens (including phenoxy) is 1. The highest BCUT2D eigenvalue weighted by atomic mass is 32.2. The van der Waals surface area contributed by atoms with E-state index in [9.17, 15) is 4.79 Å². The van der Waals surface area contributed by atoms with Gasteiger partial charge in [0.05, 0.1) is 11.9 Å². The summed E-state index contributed by atoms with van der Waals surface area (Å²) in [5.74, 6) is 0.538. The molecule has 1 unspecified atom stereocenters. The molecule has 8 heteroatoms. The molecular formula is C18H24N4O2S2. The van der Waals surface area contributed by atoms with Crippen molar-refractivity contribution in [3.05, 3.63) is 23.0 Å². The van der Waals surface area contributed by atoms with E-state index in [1.165, 1.54) is 35.9 Å². The maximum Gasteiger partial charge on any atom is 0.206 e. The molecular weight excluding hydrogens is 368 g/mol. The van der Waals surface area contributed by atoms with E-state index in [-0.39, 0.29) is 11.9 Å². The standard InChI is InChI=1S/C18H24N4O2S2/c1-11-8-15(12(2)22(11)9-14-4-3-7-24-14)16(23)10-25-18-21-20-17(26-18)19-13-5-6-13/h8,13-14H,3-7,9-10H2,1-2H3,(H,19,20). The first-order chi connectivity index (χ1) is 12.6. The van der Waals surface area contributed by atoms with E-state index in [0.717, 1.165) is 52.4 Å². The number of nitrogens with zero attached hydrogens (tertiary/aromatic N) is 3. The number of aryl methyl sites for hydroxylation is 1. The number of rotatable bonds is 8. The van der Waals surface area contributed by atoms with Crippen molar-refractivity contribution >= 4 is 34.0 Å². The highest BCUT2D eigenvalue weighted by molar-refractivity contribution is 8.01. The second-order valence-corrected chi connectivity index (χ2v) is 9.23. The van der Waals surface area contributed by atoms with Crippen molar-refractivity contribution in [1.29, 1.82) is 0 Å². The minimum atomic E-state index is 0.147. The number of carbonyl (C=O) groups is 1. The van der Waals surface area contributed by atoms with Crippen LogP contribution in [0.15, 0.2) is 10.4 Å². The van der Waals surface area contributed by atoms with Gasteiger partial charge in [0.1, 0.15) is 0 Å². The first-order valence-electron chi connectivity index (χ1n) is 9.14.